The van der Waals surface area contributed by atoms with E-state index in [1.165, 1.54) is 5.56 Å². The minimum atomic E-state index is 0.539. The maximum absolute atomic E-state index is 5.63. The van der Waals surface area contributed by atoms with Crippen molar-refractivity contribution in [1.29, 1.82) is 0 Å². The van der Waals surface area contributed by atoms with Gasteiger partial charge in [-0.2, -0.15) is 0 Å². The average molecular weight is 246 g/mol. The van der Waals surface area contributed by atoms with Gasteiger partial charge in [0, 0.05) is 12.2 Å². The van der Waals surface area contributed by atoms with Gasteiger partial charge in [0.15, 0.2) is 0 Å². The zero-order chi connectivity index (χ0) is 13.0. The van der Waals surface area contributed by atoms with Crippen LogP contribution in [-0.4, -0.2) is 23.8 Å². The van der Waals surface area contributed by atoms with Crippen LogP contribution in [0.2, 0.25) is 0 Å². The molecule has 1 N–H and O–H groups in total. The Morgan fingerprint density at radius 1 is 1.28 bits per heavy atom. The molecule has 0 amide bonds. The largest absolute Gasteiger partial charge is 0.406 e. The average Bonchev–Trinajstić information content (AvgIpc) is 2.82. The SMILES string of the molecule is CCN(c1nnc(CNC)o1)c1ccccc1C. The van der Waals surface area contributed by atoms with Crippen molar-refractivity contribution in [3.05, 3.63) is 35.7 Å². The van der Waals surface area contributed by atoms with Gasteiger partial charge >= 0.3 is 6.01 Å². The maximum atomic E-state index is 5.63. The van der Waals surface area contributed by atoms with Crippen LogP contribution < -0.4 is 10.2 Å². The molecule has 0 aliphatic heterocycles. The number of para-hydroxylation sites is 1. The molecule has 0 fully saturated rings. The Bertz CT molecular complexity index is 509. The Balaban J connectivity index is 2.30. The van der Waals surface area contributed by atoms with E-state index in [1.54, 1.807) is 0 Å². The van der Waals surface area contributed by atoms with Crippen LogP contribution in [0.15, 0.2) is 28.7 Å². The van der Waals surface area contributed by atoms with Gasteiger partial charge in [-0.25, -0.2) is 0 Å². The Morgan fingerprint density at radius 2 is 2.06 bits per heavy atom. The summed E-state index contributed by atoms with van der Waals surface area (Å²) in [7, 11) is 1.85. The number of hydrogen-bond acceptors (Lipinski definition) is 5. The molecule has 0 bridgehead atoms. The van der Waals surface area contributed by atoms with Gasteiger partial charge in [0.1, 0.15) is 0 Å². The molecule has 1 heterocycles. The van der Waals surface area contributed by atoms with E-state index < -0.39 is 0 Å². The van der Waals surface area contributed by atoms with E-state index in [1.807, 2.05) is 24.1 Å². The molecule has 0 spiro atoms. The standard InChI is InChI=1S/C13H18N4O/c1-4-17(11-8-6-5-7-10(11)2)13-16-15-12(18-13)9-14-3/h5-8,14H,4,9H2,1-3H3. The monoisotopic (exact) mass is 246 g/mol. The summed E-state index contributed by atoms with van der Waals surface area (Å²) in [6, 6.07) is 8.70. The molecule has 5 heteroatoms. The number of nitrogens with one attached hydrogen (secondary N) is 1. The molecule has 0 atom stereocenters. The lowest BCUT2D eigenvalue weighted by Crippen LogP contribution is -2.17. The van der Waals surface area contributed by atoms with Crippen molar-refractivity contribution in [1.82, 2.24) is 15.5 Å². The van der Waals surface area contributed by atoms with E-state index in [2.05, 4.69) is 41.5 Å². The van der Waals surface area contributed by atoms with Crippen LogP contribution in [0.4, 0.5) is 11.7 Å². The van der Waals surface area contributed by atoms with E-state index in [0.29, 0.717) is 18.5 Å². The van der Waals surface area contributed by atoms with Crippen molar-refractivity contribution in [2.75, 3.05) is 18.5 Å². The van der Waals surface area contributed by atoms with Crippen molar-refractivity contribution >= 4 is 11.7 Å². The summed E-state index contributed by atoms with van der Waals surface area (Å²) in [5.74, 6) is 0.597. The van der Waals surface area contributed by atoms with Gasteiger partial charge in [0.2, 0.25) is 5.89 Å². The lowest BCUT2D eigenvalue weighted by molar-refractivity contribution is 0.481. The highest BCUT2D eigenvalue weighted by Gasteiger charge is 2.15. The molecule has 0 radical (unpaired) electrons. The van der Waals surface area contributed by atoms with Gasteiger partial charge in [-0.3, -0.25) is 4.90 Å². The highest BCUT2D eigenvalue weighted by molar-refractivity contribution is 5.60. The zero-order valence-corrected chi connectivity index (χ0v) is 11.0. The third-order valence-corrected chi connectivity index (χ3v) is 2.74. The van der Waals surface area contributed by atoms with Crippen LogP contribution in [0.1, 0.15) is 18.4 Å². The van der Waals surface area contributed by atoms with Gasteiger partial charge in [0.25, 0.3) is 0 Å². The topological polar surface area (TPSA) is 54.2 Å². The quantitative estimate of drug-likeness (QED) is 0.877. The number of aryl methyl sites for hydroxylation is 1. The Morgan fingerprint density at radius 3 is 2.72 bits per heavy atom. The van der Waals surface area contributed by atoms with Crippen LogP contribution in [0.5, 0.6) is 0 Å². The highest BCUT2D eigenvalue weighted by atomic mass is 16.4. The molecule has 0 unspecified atom stereocenters. The molecule has 18 heavy (non-hydrogen) atoms. The first-order valence-electron chi connectivity index (χ1n) is 6.06. The molecule has 0 aliphatic rings. The second-order valence-corrected chi connectivity index (χ2v) is 4.04. The zero-order valence-electron chi connectivity index (χ0n) is 11.0. The van der Waals surface area contributed by atoms with Crippen LogP contribution in [-0.2, 0) is 6.54 Å². The lowest BCUT2D eigenvalue weighted by Gasteiger charge is -2.19. The van der Waals surface area contributed by atoms with Crippen molar-refractivity contribution in [2.24, 2.45) is 0 Å². The van der Waals surface area contributed by atoms with Crippen LogP contribution in [0.25, 0.3) is 0 Å². The fourth-order valence-electron chi connectivity index (χ4n) is 1.85. The Kier molecular flexibility index (Phi) is 3.94. The fraction of sp³-hybridized carbons (Fsp3) is 0.385. The number of benzene rings is 1. The summed E-state index contributed by atoms with van der Waals surface area (Å²) in [5.41, 5.74) is 2.28. The van der Waals surface area contributed by atoms with E-state index in [9.17, 15) is 0 Å². The van der Waals surface area contributed by atoms with Crippen LogP contribution >= 0.6 is 0 Å². The second kappa shape index (κ2) is 5.64. The molecule has 96 valence electrons. The summed E-state index contributed by atoms with van der Waals surface area (Å²) in [6.07, 6.45) is 0. The third-order valence-electron chi connectivity index (χ3n) is 2.74. The van der Waals surface area contributed by atoms with Gasteiger partial charge in [-0.05, 0) is 32.5 Å². The number of hydrogen-bond donors (Lipinski definition) is 1. The molecule has 1 aromatic heterocycles. The third kappa shape index (κ3) is 2.51. The first-order valence-corrected chi connectivity index (χ1v) is 6.06. The molecule has 2 rings (SSSR count). The van der Waals surface area contributed by atoms with Gasteiger partial charge in [0.05, 0.1) is 6.54 Å². The highest BCUT2D eigenvalue weighted by Crippen LogP contribution is 2.26. The smallest absolute Gasteiger partial charge is 0.322 e. The molecule has 5 nitrogen and oxygen atoms in total. The minimum absolute atomic E-state index is 0.539. The number of anilines is 2. The number of nitrogens with zero attached hydrogens (tertiary/aromatic N) is 3. The molecular weight excluding hydrogens is 228 g/mol. The van der Waals surface area contributed by atoms with Crippen molar-refractivity contribution in [3.8, 4) is 0 Å². The minimum Gasteiger partial charge on any atom is -0.406 e. The Hall–Kier alpha value is -1.88. The molecule has 0 saturated heterocycles. The van der Waals surface area contributed by atoms with E-state index in [-0.39, 0.29) is 0 Å². The molecule has 0 saturated carbocycles. The molecular formula is C13H18N4O. The van der Waals surface area contributed by atoms with E-state index in [4.69, 9.17) is 4.42 Å². The number of aromatic nitrogens is 2. The summed E-state index contributed by atoms with van der Waals surface area (Å²) in [4.78, 5) is 2.02. The normalized spacial score (nSPS) is 10.6. The van der Waals surface area contributed by atoms with Gasteiger partial charge < -0.3 is 9.73 Å². The van der Waals surface area contributed by atoms with Gasteiger partial charge in [-0.15, -0.1) is 5.10 Å². The van der Waals surface area contributed by atoms with Crippen molar-refractivity contribution in [3.63, 3.8) is 0 Å². The van der Waals surface area contributed by atoms with Gasteiger partial charge in [-0.1, -0.05) is 23.3 Å². The van der Waals surface area contributed by atoms with Crippen molar-refractivity contribution in [2.45, 2.75) is 20.4 Å². The second-order valence-electron chi connectivity index (χ2n) is 4.04. The first kappa shape index (κ1) is 12.6. The lowest BCUT2D eigenvalue weighted by atomic mass is 10.2. The fourth-order valence-corrected chi connectivity index (χ4v) is 1.85. The predicted molar refractivity (Wildman–Crippen MR) is 70.9 cm³/mol. The van der Waals surface area contributed by atoms with Crippen molar-refractivity contribution < 1.29 is 4.42 Å². The molecule has 2 aromatic rings. The summed E-state index contributed by atoms with van der Waals surface area (Å²) in [6.45, 7) is 5.50. The Labute approximate surface area is 107 Å². The summed E-state index contributed by atoms with van der Waals surface area (Å²) in [5, 5.41) is 11.1. The summed E-state index contributed by atoms with van der Waals surface area (Å²) < 4.78 is 5.63. The number of rotatable bonds is 5. The molecule has 0 aliphatic carbocycles. The first-order chi connectivity index (χ1) is 8.76. The molecule has 1 aromatic carbocycles. The van der Waals surface area contributed by atoms with Crippen LogP contribution in [0.3, 0.4) is 0 Å². The summed E-state index contributed by atoms with van der Waals surface area (Å²) >= 11 is 0. The van der Waals surface area contributed by atoms with Crippen LogP contribution in [0, 0.1) is 6.92 Å². The van der Waals surface area contributed by atoms with E-state index >= 15 is 0 Å². The maximum Gasteiger partial charge on any atom is 0.322 e. The predicted octanol–water partition coefficient (Wildman–Crippen LogP) is 2.26. The van der Waals surface area contributed by atoms with E-state index in [0.717, 1.165) is 12.2 Å².